The molecule has 17 heavy (non-hydrogen) atoms. The summed E-state index contributed by atoms with van der Waals surface area (Å²) in [5.74, 6) is 1.06. The van der Waals surface area contributed by atoms with E-state index in [0.717, 1.165) is 48.5 Å². The maximum absolute atomic E-state index is 10.6. The minimum absolute atomic E-state index is 0.438. The lowest BCUT2D eigenvalue weighted by atomic mass is 9.93. The molecule has 0 saturated carbocycles. The van der Waals surface area contributed by atoms with Crippen molar-refractivity contribution in [3.63, 3.8) is 0 Å². The van der Waals surface area contributed by atoms with Gasteiger partial charge in [0.2, 0.25) is 0 Å². The third-order valence-electron chi connectivity index (χ3n) is 3.46. The molecule has 5 heteroatoms. The van der Waals surface area contributed by atoms with Gasteiger partial charge in [-0.3, -0.25) is 4.99 Å². The molecule has 0 amide bonds. The predicted octanol–water partition coefficient (Wildman–Crippen LogP) is 2.18. The first-order valence-corrected chi connectivity index (χ1v) is 8.55. The van der Waals surface area contributed by atoms with Crippen LogP contribution >= 0.6 is 27.7 Å². The summed E-state index contributed by atoms with van der Waals surface area (Å²) in [4.78, 5) is 4.74. The first kappa shape index (κ1) is 13.8. The monoisotopic (exact) mass is 320 g/mol. The van der Waals surface area contributed by atoms with E-state index in [9.17, 15) is 5.11 Å². The van der Waals surface area contributed by atoms with Gasteiger partial charge >= 0.3 is 0 Å². The second-order valence-corrected chi connectivity index (χ2v) is 6.67. The molecule has 2 heterocycles. The number of aliphatic hydroxyl groups is 1. The Morgan fingerprint density at radius 1 is 1.41 bits per heavy atom. The molecule has 0 bridgehead atoms. The Morgan fingerprint density at radius 3 is 2.88 bits per heavy atom. The highest BCUT2D eigenvalue weighted by molar-refractivity contribution is 9.09. The third-order valence-corrected chi connectivity index (χ3v) is 5.33. The number of hydrogen-bond acceptors (Lipinski definition) is 4. The van der Waals surface area contributed by atoms with Crippen molar-refractivity contribution in [2.75, 3.05) is 24.2 Å². The number of unbranched alkanes of at least 4 members (excludes halogenated alkanes) is 1. The molecule has 0 aliphatic carbocycles. The average molecular weight is 321 g/mol. The van der Waals surface area contributed by atoms with E-state index in [1.807, 2.05) is 0 Å². The Bertz CT molecular complexity index is 280. The summed E-state index contributed by atoms with van der Waals surface area (Å²) in [6.45, 7) is 1.81. The summed E-state index contributed by atoms with van der Waals surface area (Å²) in [6.07, 6.45) is 5.24. The van der Waals surface area contributed by atoms with Crippen LogP contribution in [0.25, 0.3) is 0 Å². The summed E-state index contributed by atoms with van der Waals surface area (Å²) >= 11 is 5.23. The third kappa shape index (κ3) is 3.69. The van der Waals surface area contributed by atoms with E-state index in [1.54, 1.807) is 11.8 Å². The molecule has 1 saturated heterocycles. The Labute approximate surface area is 116 Å². The van der Waals surface area contributed by atoms with E-state index in [0.29, 0.717) is 6.04 Å². The molecule has 98 valence electrons. The van der Waals surface area contributed by atoms with Crippen LogP contribution in [0.4, 0.5) is 0 Å². The predicted molar refractivity (Wildman–Crippen MR) is 78.4 cm³/mol. The van der Waals surface area contributed by atoms with Crippen LogP contribution in [0.1, 0.15) is 32.1 Å². The summed E-state index contributed by atoms with van der Waals surface area (Å²) in [6, 6.07) is 0.438. The van der Waals surface area contributed by atoms with Crippen molar-refractivity contribution in [2.45, 2.75) is 43.7 Å². The van der Waals surface area contributed by atoms with E-state index >= 15 is 0 Å². The second kappa shape index (κ2) is 6.55. The van der Waals surface area contributed by atoms with Crippen LogP contribution in [-0.2, 0) is 0 Å². The second-order valence-electron chi connectivity index (χ2n) is 4.87. The van der Waals surface area contributed by atoms with Crippen molar-refractivity contribution in [2.24, 2.45) is 4.99 Å². The summed E-state index contributed by atoms with van der Waals surface area (Å²) in [5, 5.41) is 15.9. The van der Waals surface area contributed by atoms with Crippen LogP contribution in [0, 0.1) is 0 Å². The number of piperidine rings is 1. The topological polar surface area (TPSA) is 44.6 Å². The van der Waals surface area contributed by atoms with E-state index in [-0.39, 0.29) is 0 Å². The summed E-state index contributed by atoms with van der Waals surface area (Å²) in [5.41, 5.74) is -0.625. The van der Waals surface area contributed by atoms with Crippen LogP contribution in [0.5, 0.6) is 0 Å². The Hall–Kier alpha value is 0.420. The molecule has 0 spiro atoms. The molecular formula is C12H21BrN2OS. The van der Waals surface area contributed by atoms with Gasteiger partial charge in [-0.05, 0) is 38.8 Å². The highest BCUT2D eigenvalue weighted by Gasteiger charge is 2.38. The number of thioether (sulfide) groups is 1. The van der Waals surface area contributed by atoms with Crippen molar-refractivity contribution in [3.8, 4) is 0 Å². The SMILES string of the molecule is OC1(C2=NC(CCCCBr)CS2)CCNCC1. The van der Waals surface area contributed by atoms with Gasteiger partial charge in [0, 0.05) is 11.1 Å². The smallest absolute Gasteiger partial charge is 0.115 e. The van der Waals surface area contributed by atoms with Crippen molar-refractivity contribution >= 4 is 32.7 Å². The van der Waals surface area contributed by atoms with Crippen LogP contribution in [0.2, 0.25) is 0 Å². The average Bonchev–Trinajstić information content (AvgIpc) is 2.80. The van der Waals surface area contributed by atoms with Gasteiger partial charge in [-0.2, -0.15) is 0 Å². The van der Waals surface area contributed by atoms with Gasteiger partial charge in [-0.25, -0.2) is 0 Å². The Morgan fingerprint density at radius 2 is 2.18 bits per heavy atom. The molecule has 1 unspecified atom stereocenters. The summed E-state index contributed by atoms with van der Waals surface area (Å²) < 4.78 is 0. The van der Waals surface area contributed by atoms with E-state index < -0.39 is 5.60 Å². The van der Waals surface area contributed by atoms with Gasteiger partial charge in [0.15, 0.2) is 0 Å². The number of nitrogens with one attached hydrogen (secondary N) is 1. The maximum atomic E-state index is 10.6. The molecule has 0 aromatic carbocycles. The molecular weight excluding hydrogens is 300 g/mol. The first-order chi connectivity index (χ1) is 8.24. The molecule has 2 aliphatic heterocycles. The van der Waals surface area contributed by atoms with Gasteiger partial charge in [0.05, 0.1) is 11.1 Å². The van der Waals surface area contributed by atoms with Crippen LogP contribution in [0.3, 0.4) is 0 Å². The summed E-state index contributed by atoms with van der Waals surface area (Å²) in [7, 11) is 0. The number of aliphatic imine (C=N–C) groups is 1. The van der Waals surface area contributed by atoms with E-state index in [4.69, 9.17) is 4.99 Å². The molecule has 2 aliphatic rings. The van der Waals surface area contributed by atoms with Gasteiger partial charge in [-0.1, -0.05) is 22.4 Å². The maximum Gasteiger partial charge on any atom is 0.115 e. The van der Waals surface area contributed by atoms with Gasteiger partial charge in [-0.15, -0.1) is 11.8 Å². The van der Waals surface area contributed by atoms with Crippen LogP contribution < -0.4 is 5.32 Å². The first-order valence-electron chi connectivity index (χ1n) is 6.45. The quantitative estimate of drug-likeness (QED) is 0.603. The zero-order valence-corrected chi connectivity index (χ0v) is 12.5. The highest BCUT2D eigenvalue weighted by Crippen LogP contribution is 2.32. The molecule has 1 fully saturated rings. The highest BCUT2D eigenvalue weighted by atomic mass is 79.9. The lowest BCUT2D eigenvalue weighted by Gasteiger charge is -2.32. The zero-order chi connectivity index (χ0) is 12.1. The minimum Gasteiger partial charge on any atom is -0.383 e. The fraction of sp³-hybridized carbons (Fsp3) is 0.917. The fourth-order valence-electron chi connectivity index (χ4n) is 2.35. The zero-order valence-electron chi connectivity index (χ0n) is 10.1. The molecule has 3 nitrogen and oxygen atoms in total. The molecule has 0 aromatic heterocycles. The van der Waals surface area contributed by atoms with Gasteiger partial charge in [0.1, 0.15) is 5.60 Å². The van der Waals surface area contributed by atoms with E-state index in [2.05, 4.69) is 21.2 Å². The molecule has 2 N–H and O–H groups in total. The van der Waals surface area contributed by atoms with Crippen molar-refractivity contribution in [1.82, 2.24) is 5.32 Å². The number of alkyl halides is 1. The van der Waals surface area contributed by atoms with Crippen molar-refractivity contribution in [1.29, 1.82) is 0 Å². The van der Waals surface area contributed by atoms with Gasteiger partial charge < -0.3 is 10.4 Å². The Balaban J connectivity index is 1.86. The fourth-order valence-corrected chi connectivity index (χ4v) is 4.03. The van der Waals surface area contributed by atoms with Crippen molar-refractivity contribution in [3.05, 3.63) is 0 Å². The van der Waals surface area contributed by atoms with Crippen LogP contribution in [0.15, 0.2) is 4.99 Å². The lowest BCUT2D eigenvalue weighted by molar-refractivity contribution is 0.0809. The standard InChI is InChI=1S/C12H21BrN2OS/c13-6-2-1-3-10-9-17-11(15-10)12(16)4-7-14-8-5-12/h10,14,16H,1-9H2. The van der Waals surface area contributed by atoms with E-state index in [1.165, 1.54) is 12.8 Å². The largest absolute Gasteiger partial charge is 0.383 e. The number of halogens is 1. The van der Waals surface area contributed by atoms with Crippen LogP contribution in [-0.4, -0.2) is 46.0 Å². The lowest BCUT2D eigenvalue weighted by Crippen LogP contribution is -2.46. The normalized spacial score (nSPS) is 28.1. The van der Waals surface area contributed by atoms with Crippen molar-refractivity contribution < 1.29 is 5.11 Å². The molecule has 2 rings (SSSR count). The number of hydrogen-bond donors (Lipinski definition) is 2. The number of nitrogens with zero attached hydrogens (tertiary/aromatic N) is 1. The molecule has 0 aromatic rings. The molecule has 0 radical (unpaired) electrons. The minimum atomic E-state index is -0.625. The Kier molecular flexibility index (Phi) is 5.33. The number of rotatable bonds is 5. The molecule has 1 atom stereocenters. The van der Waals surface area contributed by atoms with Gasteiger partial charge in [0.25, 0.3) is 0 Å².